The summed E-state index contributed by atoms with van der Waals surface area (Å²) in [7, 11) is 0. The molecule has 2 heteroatoms. The van der Waals surface area contributed by atoms with Crippen molar-refractivity contribution in [2.75, 3.05) is 0 Å². The largest absolute Gasteiger partial charge is 4.00 e. The Bertz CT molecular complexity index is 243. The van der Waals surface area contributed by atoms with Gasteiger partial charge in [-0.25, -0.2) is 36.4 Å². The fraction of sp³-hybridized carbons (Fsp3) is 0. The molecule has 0 amide bonds. The monoisotopic (exact) mass is 452 g/mol. The van der Waals surface area contributed by atoms with E-state index < -0.39 is 0 Å². The van der Waals surface area contributed by atoms with Crippen molar-refractivity contribution in [1.82, 2.24) is 0 Å². The molecule has 0 radical (unpaired) electrons. The van der Waals surface area contributed by atoms with Crippen molar-refractivity contribution in [3.8, 4) is 0 Å². The van der Waals surface area contributed by atoms with E-state index in [1.54, 1.807) is 0 Å². The molecule has 0 unspecified atom stereocenters. The summed E-state index contributed by atoms with van der Waals surface area (Å²) in [5.41, 5.74) is 0. The Kier molecular flexibility index (Phi) is 16.3. The Morgan fingerprint density at radius 3 is 0.647 bits per heavy atom. The van der Waals surface area contributed by atoms with E-state index in [1.165, 1.54) is 0 Å². The maximum Gasteiger partial charge on any atom is 4.00 e. The summed E-state index contributed by atoms with van der Waals surface area (Å²) in [6, 6.07) is 30.0. The van der Waals surface area contributed by atoms with Crippen molar-refractivity contribution < 1.29 is 35.8 Å². The van der Waals surface area contributed by atoms with Crippen LogP contribution in [0.4, 0.5) is 0 Å². The third kappa shape index (κ3) is 13.0. The minimum Gasteiger partial charge on any atom is -1.00 e. The fourth-order valence-electron chi connectivity index (χ4n) is 0.962. The van der Waals surface area contributed by atoms with Gasteiger partial charge in [0.25, 0.3) is 0 Å². The molecule has 0 aliphatic heterocycles. The number of hydrogen-bond acceptors (Lipinski definition) is 0. The summed E-state index contributed by atoms with van der Waals surface area (Å²) in [5.74, 6) is 0. The van der Waals surface area contributed by atoms with Gasteiger partial charge in [-0.3, -0.25) is 0 Å². The van der Waals surface area contributed by atoms with Crippen LogP contribution < -0.4 is 4.70 Å². The minimum absolute atomic E-state index is 0. The van der Waals surface area contributed by atoms with Crippen LogP contribution in [0.3, 0.4) is 0 Å². The topological polar surface area (TPSA) is 0 Å². The summed E-state index contributed by atoms with van der Waals surface area (Å²) in [4.78, 5) is 0. The molecule has 3 aromatic rings. The Labute approximate surface area is 126 Å². The van der Waals surface area contributed by atoms with Crippen LogP contribution in [0.15, 0.2) is 91.0 Å². The summed E-state index contributed by atoms with van der Waals surface area (Å²) in [5, 5.41) is 0. The first kappa shape index (κ1) is 18.4. The molecule has 0 aliphatic carbocycles. The Hall–Kier alpha value is -0.968. The van der Waals surface area contributed by atoms with Crippen molar-refractivity contribution >= 4 is 0 Å². The van der Waals surface area contributed by atoms with Crippen molar-refractivity contribution in [3.63, 3.8) is 0 Å². The second-order valence-electron chi connectivity index (χ2n) is 2.89. The van der Waals surface area contributed by atoms with E-state index in [4.69, 9.17) is 0 Å². The van der Waals surface area contributed by atoms with Gasteiger partial charge in [-0.2, -0.15) is 54.6 Å². The smallest absolute Gasteiger partial charge is 1.00 e. The van der Waals surface area contributed by atoms with E-state index in [-0.39, 0.29) is 35.8 Å². The molecule has 0 aliphatic rings. The van der Waals surface area contributed by atoms with E-state index >= 15 is 0 Å². The normalized spacial score (nSPS) is 7.06. The maximum atomic E-state index is 2.00. The standard InChI is InChI=1S/3C5H5.FH.U/c3*1-2-4-5-3-1;;/h3*1-5H;1H;/q3*-1;;+4/p-1. The molecular weight excluding hydrogens is 437 g/mol. The van der Waals surface area contributed by atoms with Gasteiger partial charge in [-0.15, -0.1) is 0 Å². The molecule has 86 valence electrons. The van der Waals surface area contributed by atoms with Crippen LogP contribution in [0.1, 0.15) is 0 Å². The molecule has 17 heavy (non-hydrogen) atoms. The van der Waals surface area contributed by atoms with Crippen molar-refractivity contribution in [3.05, 3.63) is 91.0 Å². The van der Waals surface area contributed by atoms with E-state index in [2.05, 4.69) is 0 Å². The molecule has 3 rings (SSSR count). The van der Waals surface area contributed by atoms with Crippen LogP contribution >= 0.6 is 0 Å². The molecule has 0 nitrogen and oxygen atoms in total. The second kappa shape index (κ2) is 15.0. The minimum atomic E-state index is 0. The van der Waals surface area contributed by atoms with E-state index in [0.29, 0.717) is 0 Å². The average Bonchev–Trinajstić information content (AvgIpc) is 3.09. The van der Waals surface area contributed by atoms with Gasteiger partial charge < -0.3 is 4.70 Å². The maximum absolute atomic E-state index is 2.00. The molecule has 0 N–H and O–H groups in total. The Morgan fingerprint density at radius 1 is 0.412 bits per heavy atom. The van der Waals surface area contributed by atoms with Crippen molar-refractivity contribution in [2.45, 2.75) is 0 Å². The van der Waals surface area contributed by atoms with Crippen LogP contribution in [0, 0.1) is 31.1 Å². The molecule has 3 aromatic carbocycles. The van der Waals surface area contributed by atoms with Gasteiger partial charge in [-0.05, 0) is 0 Å². The number of rotatable bonds is 0. The SMILES string of the molecule is [F-].[U+4].c1cc[cH-]c1.c1cc[cH-]c1.c1cc[cH-]c1. The first-order valence-corrected chi connectivity index (χ1v) is 5.00. The predicted octanol–water partition coefficient (Wildman–Crippen LogP) is 1.22. The first-order chi connectivity index (χ1) is 7.50. The fourth-order valence-corrected chi connectivity index (χ4v) is 0.962. The summed E-state index contributed by atoms with van der Waals surface area (Å²) >= 11 is 0. The van der Waals surface area contributed by atoms with Crippen LogP contribution in [-0.2, 0) is 0 Å². The van der Waals surface area contributed by atoms with Crippen LogP contribution in [0.2, 0.25) is 0 Å². The third-order valence-corrected chi connectivity index (χ3v) is 1.67. The molecule has 0 saturated carbocycles. The van der Waals surface area contributed by atoms with E-state index in [9.17, 15) is 0 Å². The first-order valence-electron chi connectivity index (χ1n) is 5.00. The number of halogens is 1. The summed E-state index contributed by atoms with van der Waals surface area (Å²) in [6.45, 7) is 0. The van der Waals surface area contributed by atoms with Crippen molar-refractivity contribution in [1.29, 1.82) is 0 Å². The molecule has 0 atom stereocenters. The molecule has 0 fully saturated rings. The molecule has 0 heterocycles. The van der Waals surface area contributed by atoms with Gasteiger partial charge >= 0.3 is 31.1 Å². The Morgan fingerprint density at radius 2 is 0.588 bits per heavy atom. The Balaban J connectivity index is 0. The van der Waals surface area contributed by atoms with Crippen LogP contribution in [0.25, 0.3) is 0 Å². The predicted molar refractivity (Wildman–Crippen MR) is 66.1 cm³/mol. The van der Waals surface area contributed by atoms with Gasteiger partial charge in [0.15, 0.2) is 0 Å². The summed E-state index contributed by atoms with van der Waals surface area (Å²) < 4.78 is 0. The van der Waals surface area contributed by atoms with E-state index in [1.807, 2.05) is 91.0 Å². The second-order valence-corrected chi connectivity index (χ2v) is 2.89. The quantitative estimate of drug-likeness (QED) is 0.451. The molecule has 0 aromatic heterocycles. The molecular formula is C15H15FU. The zero-order valence-electron chi connectivity index (χ0n) is 9.54. The summed E-state index contributed by atoms with van der Waals surface area (Å²) in [6.07, 6.45) is 0. The zero-order chi connectivity index (χ0) is 10.6. The van der Waals surface area contributed by atoms with Crippen LogP contribution in [-0.4, -0.2) is 0 Å². The number of hydrogen-bond donors (Lipinski definition) is 0. The molecule has 0 saturated heterocycles. The van der Waals surface area contributed by atoms with Gasteiger partial charge in [0.05, 0.1) is 0 Å². The van der Waals surface area contributed by atoms with Gasteiger partial charge in [-0.1, -0.05) is 0 Å². The van der Waals surface area contributed by atoms with Gasteiger partial charge in [0.2, 0.25) is 0 Å². The van der Waals surface area contributed by atoms with Crippen molar-refractivity contribution in [2.24, 2.45) is 0 Å². The average molecular weight is 452 g/mol. The van der Waals surface area contributed by atoms with E-state index in [0.717, 1.165) is 0 Å². The van der Waals surface area contributed by atoms with Crippen LogP contribution in [0.5, 0.6) is 0 Å². The molecule has 0 spiro atoms. The van der Waals surface area contributed by atoms with Gasteiger partial charge in [0.1, 0.15) is 0 Å². The zero-order valence-corrected chi connectivity index (χ0v) is 13.7. The van der Waals surface area contributed by atoms with Gasteiger partial charge in [0, 0.05) is 0 Å². The molecule has 0 bridgehead atoms. The third-order valence-electron chi connectivity index (χ3n) is 1.67.